The SMILES string of the molecule is CCN(CC)c1nc(NCCN2CCOCC2)nc(Nc2cc(OC)c(OC)c(OC)c2)n1. The fourth-order valence-corrected chi connectivity index (χ4v) is 3.58. The van der Waals surface area contributed by atoms with Gasteiger partial charge in [-0.1, -0.05) is 0 Å². The van der Waals surface area contributed by atoms with E-state index in [4.69, 9.17) is 18.9 Å². The summed E-state index contributed by atoms with van der Waals surface area (Å²) in [5.74, 6) is 3.17. The van der Waals surface area contributed by atoms with Gasteiger partial charge in [0, 0.05) is 57.1 Å². The van der Waals surface area contributed by atoms with Crippen LogP contribution in [0.1, 0.15) is 13.8 Å². The zero-order valence-corrected chi connectivity index (χ0v) is 20.2. The van der Waals surface area contributed by atoms with Crippen molar-refractivity contribution in [2.45, 2.75) is 13.8 Å². The highest BCUT2D eigenvalue weighted by Gasteiger charge is 2.16. The van der Waals surface area contributed by atoms with E-state index in [1.807, 2.05) is 12.1 Å². The van der Waals surface area contributed by atoms with Crippen molar-refractivity contribution >= 4 is 23.5 Å². The number of morpholine rings is 1. The van der Waals surface area contributed by atoms with Gasteiger partial charge >= 0.3 is 0 Å². The molecule has 0 atom stereocenters. The Labute approximate surface area is 195 Å². The molecule has 1 aromatic carbocycles. The van der Waals surface area contributed by atoms with Gasteiger partial charge < -0.3 is 34.5 Å². The smallest absolute Gasteiger partial charge is 0.233 e. The predicted molar refractivity (Wildman–Crippen MR) is 129 cm³/mol. The number of nitrogens with one attached hydrogen (secondary N) is 2. The molecule has 0 spiro atoms. The highest BCUT2D eigenvalue weighted by atomic mass is 16.5. The van der Waals surface area contributed by atoms with Gasteiger partial charge in [0.2, 0.25) is 23.6 Å². The molecule has 0 bridgehead atoms. The monoisotopic (exact) mass is 461 g/mol. The molecule has 2 N–H and O–H groups in total. The van der Waals surface area contributed by atoms with Gasteiger partial charge in [-0.05, 0) is 13.8 Å². The summed E-state index contributed by atoms with van der Waals surface area (Å²) in [4.78, 5) is 18.3. The minimum atomic E-state index is 0.426. The predicted octanol–water partition coefficient (Wildman–Crippen LogP) is 2.23. The van der Waals surface area contributed by atoms with Crippen LogP contribution in [-0.2, 0) is 4.74 Å². The number of aromatic nitrogens is 3. The number of ether oxygens (including phenoxy) is 4. The first-order valence-corrected chi connectivity index (χ1v) is 11.2. The number of methoxy groups -OCH3 is 3. The lowest BCUT2D eigenvalue weighted by Gasteiger charge is -2.26. The number of nitrogens with zero attached hydrogens (tertiary/aromatic N) is 5. The van der Waals surface area contributed by atoms with Crippen LogP contribution in [0.4, 0.5) is 23.5 Å². The summed E-state index contributed by atoms with van der Waals surface area (Å²) in [7, 11) is 4.74. The van der Waals surface area contributed by atoms with Gasteiger partial charge in [-0.15, -0.1) is 0 Å². The third kappa shape index (κ3) is 6.48. The lowest BCUT2D eigenvalue weighted by molar-refractivity contribution is 0.0398. The first-order chi connectivity index (χ1) is 16.1. The van der Waals surface area contributed by atoms with Gasteiger partial charge in [-0.2, -0.15) is 15.0 Å². The molecule has 11 nitrogen and oxygen atoms in total. The lowest BCUT2D eigenvalue weighted by atomic mass is 10.2. The fourth-order valence-electron chi connectivity index (χ4n) is 3.58. The molecule has 0 saturated carbocycles. The van der Waals surface area contributed by atoms with Gasteiger partial charge in [0.05, 0.1) is 34.5 Å². The molecule has 1 fully saturated rings. The minimum absolute atomic E-state index is 0.426. The molecule has 1 aliphatic rings. The van der Waals surface area contributed by atoms with Crippen LogP contribution in [0, 0.1) is 0 Å². The van der Waals surface area contributed by atoms with Crippen molar-refractivity contribution in [3.05, 3.63) is 12.1 Å². The van der Waals surface area contributed by atoms with Gasteiger partial charge in [-0.25, -0.2) is 0 Å². The maximum Gasteiger partial charge on any atom is 0.233 e. The molecule has 0 radical (unpaired) electrons. The topological polar surface area (TPSA) is 106 Å². The van der Waals surface area contributed by atoms with E-state index in [0.717, 1.165) is 52.5 Å². The van der Waals surface area contributed by atoms with Crippen molar-refractivity contribution in [3.8, 4) is 17.2 Å². The number of benzene rings is 1. The molecule has 182 valence electrons. The Balaban J connectivity index is 1.82. The van der Waals surface area contributed by atoms with E-state index in [1.54, 1.807) is 21.3 Å². The van der Waals surface area contributed by atoms with Crippen LogP contribution in [0.2, 0.25) is 0 Å². The second-order valence-electron chi connectivity index (χ2n) is 7.37. The van der Waals surface area contributed by atoms with E-state index in [1.165, 1.54) is 0 Å². The Kier molecular flexibility index (Phi) is 9.14. The van der Waals surface area contributed by atoms with E-state index < -0.39 is 0 Å². The molecule has 3 rings (SSSR count). The van der Waals surface area contributed by atoms with Crippen molar-refractivity contribution in [2.24, 2.45) is 0 Å². The number of rotatable bonds is 12. The standard InChI is InChI=1S/C22H35N7O4/c1-6-29(7-2)22-26-20(23-8-9-28-10-12-33-13-11-28)25-21(27-22)24-16-14-17(30-3)19(32-5)18(15-16)31-4/h14-15H,6-13H2,1-5H3,(H2,23,24,25,26,27). The van der Waals surface area contributed by atoms with Crippen molar-refractivity contribution < 1.29 is 18.9 Å². The molecular formula is C22H35N7O4. The molecule has 1 aromatic heterocycles. The molecule has 0 amide bonds. The Bertz CT molecular complexity index is 864. The van der Waals surface area contributed by atoms with Gasteiger partial charge in [-0.3, -0.25) is 4.90 Å². The van der Waals surface area contributed by atoms with E-state index >= 15 is 0 Å². The Morgan fingerprint density at radius 2 is 1.58 bits per heavy atom. The molecule has 0 unspecified atom stereocenters. The fraction of sp³-hybridized carbons (Fsp3) is 0.591. The van der Waals surface area contributed by atoms with Crippen molar-refractivity contribution in [1.82, 2.24) is 19.9 Å². The van der Waals surface area contributed by atoms with Crippen LogP contribution < -0.4 is 29.7 Å². The Morgan fingerprint density at radius 3 is 2.15 bits per heavy atom. The first-order valence-electron chi connectivity index (χ1n) is 11.2. The van der Waals surface area contributed by atoms with Crippen LogP contribution in [-0.4, -0.2) is 93.7 Å². The second-order valence-corrected chi connectivity index (χ2v) is 7.37. The Morgan fingerprint density at radius 1 is 0.939 bits per heavy atom. The molecule has 2 heterocycles. The molecule has 11 heteroatoms. The molecule has 1 saturated heterocycles. The highest BCUT2D eigenvalue weighted by Crippen LogP contribution is 2.40. The van der Waals surface area contributed by atoms with Crippen LogP contribution in [0.3, 0.4) is 0 Å². The summed E-state index contributed by atoms with van der Waals surface area (Å²) in [6, 6.07) is 3.63. The maximum absolute atomic E-state index is 5.46. The maximum atomic E-state index is 5.46. The zero-order valence-electron chi connectivity index (χ0n) is 20.2. The zero-order chi connectivity index (χ0) is 23.6. The summed E-state index contributed by atoms with van der Waals surface area (Å²) in [5, 5.41) is 6.60. The summed E-state index contributed by atoms with van der Waals surface area (Å²) >= 11 is 0. The van der Waals surface area contributed by atoms with E-state index in [9.17, 15) is 0 Å². The van der Waals surface area contributed by atoms with E-state index in [0.29, 0.717) is 40.8 Å². The average Bonchev–Trinajstić information content (AvgIpc) is 2.84. The van der Waals surface area contributed by atoms with Crippen LogP contribution in [0.25, 0.3) is 0 Å². The second kappa shape index (κ2) is 12.3. The van der Waals surface area contributed by atoms with Crippen LogP contribution >= 0.6 is 0 Å². The number of hydrogen-bond acceptors (Lipinski definition) is 11. The number of anilines is 4. The molecular weight excluding hydrogens is 426 g/mol. The normalized spacial score (nSPS) is 14.0. The van der Waals surface area contributed by atoms with Crippen molar-refractivity contribution in [1.29, 1.82) is 0 Å². The summed E-state index contributed by atoms with van der Waals surface area (Å²) < 4.78 is 21.7. The molecule has 0 aliphatic carbocycles. The Hall–Kier alpha value is -3.05. The molecule has 33 heavy (non-hydrogen) atoms. The quantitative estimate of drug-likeness (QED) is 0.486. The van der Waals surface area contributed by atoms with Gasteiger partial charge in [0.15, 0.2) is 11.5 Å². The molecule has 1 aliphatic heterocycles. The number of hydrogen-bond donors (Lipinski definition) is 2. The van der Waals surface area contributed by atoms with Crippen LogP contribution in [0.5, 0.6) is 17.2 Å². The van der Waals surface area contributed by atoms with Gasteiger partial charge in [0.1, 0.15) is 0 Å². The van der Waals surface area contributed by atoms with Crippen LogP contribution in [0.15, 0.2) is 12.1 Å². The van der Waals surface area contributed by atoms with Crippen molar-refractivity contribution in [3.63, 3.8) is 0 Å². The first kappa shape index (κ1) is 24.6. The van der Waals surface area contributed by atoms with Crippen molar-refractivity contribution in [2.75, 3.05) is 89.3 Å². The summed E-state index contributed by atoms with van der Waals surface area (Å²) in [6.07, 6.45) is 0. The average molecular weight is 462 g/mol. The minimum Gasteiger partial charge on any atom is -0.493 e. The largest absolute Gasteiger partial charge is 0.493 e. The lowest BCUT2D eigenvalue weighted by Crippen LogP contribution is -2.39. The molecule has 2 aromatic rings. The summed E-state index contributed by atoms with van der Waals surface area (Å²) in [5.41, 5.74) is 0.709. The van der Waals surface area contributed by atoms with Gasteiger partial charge in [0.25, 0.3) is 0 Å². The third-order valence-electron chi connectivity index (χ3n) is 5.41. The third-order valence-corrected chi connectivity index (χ3v) is 5.41. The van der Waals surface area contributed by atoms with E-state index in [-0.39, 0.29) is 0 Å². The highest BCUT2D eigenvalue weighted by molar-refractivity contribution is 5.66. The summed E-state index contributed by atoms with van der Waals surface area (Å²) in [6.45, 7) is 10.8. The van der Waals surface area contributed by atoms with E-state index in [2.05, 4.69) is 49.2 Å².